The number of aliphatic hydroxyl groups excluding tert-OH is 1. The van der Waals surface area contributed by atoms with Gasteiger partial charge in [-0.15, -0.1) is 0 Å². The second-order valence-corrected chi connectivity index (χ2v) is 23.5. The summed E-state index contributed by atoms with van der Waals surface area (Å²) < 4.78 is 104. The van der Waals surface area contributed by atoms with Crippen molar-refractivity contribution in [2.24, 2.45) is 46.1 Å². The van der Waals surface area contributed by atoms with Gasteiger partial charge in [-0.2, -0.15) is 13.2 Å². The molecule has 0 aromatic heterocycles. The molecule has 8 aliphatic rings. The minimum atomic E-state index is -4.78. The Hall–Kier alpha value is -3.31. The number of hydrogen-bond donors (Lipinski definition) is 2. The molecule has 6 heterocycles. The number of halogens is 4. The van der Waals surface area contributed by atoms with Gasteiger partial charge in [-0.05, 0) is 74.2 Å². The van der Waals surface area contributed by atoms with E-state index in [0.717, 1.165) is 18.1 Å². The van der Waals surface area contributed by atoms with Crippen LogP contribution in [0.3, 0.4) is 0 Å². The molecule has 0 radical (unpaired) electrons. The quantitative estimate of drug-likeness (QED) is 0.0864. The number of hydrogen-bond acceptors (Lipinski definition) is 16. The number of rotatable bonds is 11. The van der Waals surface area contributed by atoms with Crippen molar-refractivity contribution >= 4 is 29.3 Å². The van der Waals surface area contributed by atoms with Crippen molar-refractivity contribution in [3.05, 3.63) is 70.4 Å². The zero-order chi connectivity index (χ0) is 56.1. The van der Waals surface area contributed by atoms with E-state index in [2.05, 4.69) is 38.1 Å². The van der Waals surface area contributed by atoms with Crippen LogP contribution >= 0.6 is 11.6 Å². The second kappa shape index (κ2) is 23.6. The van der Waals surface area contributed by atoms with Crippen molar-refractivity contribution in [3.63, 3.8) is 0 Å². The fraction of sp³-hybridized carbons (Fsp3) is 0.737. The Labute approximate surface area is 455 Å². The molecule has 4 saturated heterocycles. The molecule has 2 bridgehead atoms. The van der Waals surface area contributed by atoms with E-state index >= 15 is 0 Å². The van der Waals surface area contributed by atoms with Crippen molar-refractivity contribution < 1.29 is 85.2 Å². The average molecular weight is 1110 g/mol. The van der Waals surface area contributed by atoms with E-state index in [1.54, 1.807) is 54.1 Å². The van der Waals surface area contributed by atoms with E-state index in [9.17, 15) is 33.0 Å². The highest BCUT2D eigenvalue weighted by Crippen LogP contribution is 2.60. The SMILES string of the molecule is CC[C@H](C)[C@H]1O[C@]2(C=C[C@@H]1C)C[C@@H]1C[C@@H](C/C=C(\C)[C@@H](O[C@H]3C[C@H](OC)[C@@H](O[C@H]4C[C@H](OC)[C@@H](O)[C@H](C)O4)[C@H](C)O3)[C@@H](C)/C=C/C=C3\CO[C@@H]4/C(=N\OC(=O)[C@@H]5[C@H](/C=C(\Cl)C(F)(F)F)C5(C)C)C(C)=C[C@@H](C(=O)O1)[C@]34O)O2. The summed E-state index contributed by atoms with van der Waals surface area (Å²) in [6, 6.07) is 0. The monoisotopic (exact) mass is 1110 g/mol. The van der Waals surface area contributed by atoms with Gasteiger partial charge in [-0.25, -0.2) is 4.79 Å². The van der Waals surface area contributed by atoms with Crippen LogP contribution in [-0.2, 0) is 61.8 Å². The maximum Gasteiger partial charge on any atom is 0.426 e. The minimum absolute atomic E-state index is 0.0201. The van der Waals surface area contributed by atoms with Gasteiger partial charge < -0.3 is 62.4 Å². The molecule has 5 fully saturated rings. The average Bonchev–Trinajstić information content (AvgIpc) is 3.85. The number of ether oxygens (including phenoxy) is 10. The number of carbonyl (C=O) groups excluding carboxylic acids is 2. The molecule has 2 aliphatic carbocycles. The van der Waals surface area contributed by atoms with Crippen molar-refractivity contribution in [3.8, 4) is 0 Å². The number of carbonyl (C=O) groups is 2. The summed E-state index contributed by atoms with van der Waals surface area (Å²) in [5.74, 6) is -6.07. The lowest BCUT2D eigenvalue weighted by atomic mass is 9.71. The van der Waals surface area contributed by atoms with E-state index in [4.69, 9.17) is 63.8 Å². The van der Waals surface area contributed by atoms with Crippen molar-refractivity contribution in [2.45, 2.75) is 205 Å². The van der Waals surface area contributed by atoms with E-state index in [0.29, 0.717) is 36.8 Å². The fourth-order valence-electron chi connectivity index (χ4n) is 12.4. The van der Waals surface area contributed by atoms with E-state index in [1.807, 2.05) is 32.9 Å². The first kappa shape index (κ1) is 59.8. The maximum atomic E-state index is 14.8. The molecule has 20 heteroatoms. The summed E-state index contributed by atoms with van der Waals surface area (Å²) in [7, 11) is 3.16. The Kier molecular flexibility index (Phi) is 18.4. The lowest BCUT2D eigenvalue weighted by molar-refractivity contribution is -0.318. The number of methoxy groups -OCH3 is 2. The smallest absolute Gasteiger partial charge is 0.426 e. The first-order valence-electron chi connectivity index (χ1n) is 27.2. The molecule has 77 heavy (non-hydrogen) atoms. The predicted octanol–water partition coefficient (Wildman–Crippen LogP) is 8.87. The third-order valence-corrected chi connectivity index (χ3v) is 17.7. The summed E-state index contributed by atoms with van der Waals surface area (Å²) in [5, 5.41) is 26.5. The Morgan fingerprint density at radius 2 is 1.66 bits per heavy atom. The molecule has 0 amide bonds. The zero-order valence-electron chi connectivity index (χ0n) is 46.2. The molecule has 0 aromatic rings. The Morgan fingerprint density at radius 3 is 2.35 bits per heavy atom. The van der Waals surface area contributed by atoms with Crippen LogP contribution in [0, 0.1) is 40.9 Å². The predicted molar refractivity (Wildman–Crippen MR) is 276 cm³/mol. The molecule has 8 rings (SSSR count). The number of esters is 1. The van der Waals surface area contributed by atoms with Crippen LogP contribution < -0.4 is 0 Å². The highest BCUT2D eigenvalue weighted by atomic mass is 35.5. The summed E-state index contributed by atoms with van der Waals surface area (Å²) in [6.07, 6.45) is 3.48. The highest BCUT2D eigenvalue weighted by Gasteiger charge is 2.64. The lowest BCUT2D eigenvalue weighted by Crippen LogP contribution is -2.57. The van der Waals surface area contributed by atoms with Gasteiger partial charge in [0.25, 0.3) is 0 Å². The standard InChI is InChI=1S/C57H79ClF3NO15/c1-13-28(2)49-31(5)19-20-55(76-49)26-37-22-36(75-55)18-17-30(4)48(73-44-25-41(68-12)50(34(8)71-44)74-43-24-40(67-11)47(63)33(7)70-43)29(3)15-14-16-35-27-69-51-46(32(6)21-39(52(64)72-37)56(35,51)66)62-77-53(65)45-38(54(45,9)10)23-42(58)57(59,60)61/h14-17,19-21,23,28-29,31,33-34,36-41,43-45,47-51,63,66H,13,18,22,24-27H2,1-12H3/b15-14+,30-17+,35-16+,42-23-,62-46-/t28-,29-,31-,33-,34-,36+,37-,38-,39-,40-,41-,43-,44-,45-,47-,48-,49+,50-,51+,55+,56+/m0/s1. The summed E-state index contributed by atoms with van der Waals surface area (Å²) in [6.45, 7) is 18.8. The van der Waals surface area contributed by atoms with Crippen LogP contribution in [-0.4, -0.2) is 146 Å². The van der Waals surface area contributed by atoms with E-state index in [1.165, 1.54) is 6.08 Å². The lowest BCUT2D eigenvalue weighted by Gasteiger charge is -2.48. The highest BCUT2D eigenvalue weighted by molar-refractivity contribution is 6.30. The van der Waals surface area contributed by atoms with Crippen LogP contribution in [0.2, 0.25) is 0 Å². The molecule has 1 spiro atoms. The molecular weight excluding hydrogens is 1030 g/mol. The topological polar surface area (TPSA) is 188 Å². The van der Waals surface area contributed by atoms with Gasteiger partial charge in [-0.3, -0.25) is 4.79 Å². The Bertz CT molecular complexity index is 2390. The third kappa shape index (κ3) is 12.5. The number of alkyl halides is 3. The normalized spacial score (nSPS) is 45.2. The molecule has 6 aliphatic heterocycles. The maximum absolute atomic E-state index is 14.8. The van der Waals surface area contributed by atoms with Crippen LogP contribution in [0.4, 0.5) is 13.2 Å². The van der Waals surface area contributed by atoms with Crippen molar-refractivity contribution in [1.82, 2.24) is 0 Å². The number of oxime groups is 1. The Balaban J connectivity index is 1.11. The number of nitrogens with zero attached hydrogens (tertiary/aromatic N) is 1. The zero-order valence-corrected chi connectivity index (χ0v) is 47.0. The first-order valence-corrected chi connectivity index (χ1v) is 27.5. The molecule has 16 nitrogen and oxygen atoms in total. The van der Waals surface area contributed by atoms with Crippen molar-refractivity contribution in [2.75, 3.05) is 20.8 Å². The first-order chi connectivity index (χ1) is 36.2. The fourth-order valence-corrected chi connectivity index (χ4v) is 12.5. The molecule has 0 unspecified atom stereocenters. The second-order valence-electron chi connectivity index (χ2n) is 23.1. The van der Waals surface area contributed by atoms with Crippen LogP contribution in [0.5, 0.6) is 0 Å². The minimum Gasteiger partial charge on any atom is -0.462 e. The van der Waals surface area contributed by atoms with Gasteiger partial charge in [0.05, 0.1) is 55.3 Å². The molecule has 430 valence electrons. The molecule has 1 saturated carbocycles. The van der Waals surface area contributed by atoms with E-state index < -0.39 is 131 Å². The van der Waals surface area contributed by atoms with Gasteiger partial charge in [0.15, 0.2) is 18.4 Å². The summed E-state index contributed by atoms with van der Waals surface area (Å²) in [5.41, 5.74) is -1.44. The Morgan fingerprint density at radius 1 is 0.974 bits per heavy atom. The largest absolute Gasteiger partial charge is 0.462 e. The van der Waals surface area contributed by atoms with Gasteiger partial charge in [0, 0.05) is 51.7 Å². The number of aliphatic hydroxyl groups is 2. The molecule has 2 N–H and O–H groups in total. The van der Waals surface area contributed by atoms with Gasteiger partial charge in [-0.1, -0.05) is 107 Å². The molecule has 21 atom stereocenters. The number of fused-ring (bicyclic) bond motifs is 2. The van der Waals surface area contributed by atoms with Gasteiger partial charge >= 0.3 is 18.1 Å². The number of allylic oxidation sites excluding steroid dienone is 4. The van der Waals surface area contributed by atoms with Crippen LogP contribution in [0.1, 0.15) is 108 Å². The van der Waals surface area contributed by atoms with Crippen LogP contribution in [0.15, 0.2) is 75.5 Å². The van der Waals surface area contributed by atoms with E-state index in [-0.39, 0.29) is 42.6 Å². The van der Waals surface area contributed by atoms with Gasteiger partial charge in [0.2, 0.25) is 0 Å². The third-order valence-electron chi connectivity index (χ3n) is 17.3. The summed E-state index contributed by atoms with van der Waals surface area (Å²) >= 11 is 5.56. The van der Waals surface area contributed by atoms with Gasteiger partial charge in [0.1, 0.15) is 46.7 Å². The van der Waals surface area contributed by atoms with Crippen LogP contribution in [0.25, 0.3) is 0 Å². The molecular formula is C57H79ClF3NO15. The summed E-state index contributed by atoms with van der Waals surface area (Å²) in [4.78, 5) is 33.8. The van der Waals surface area contributed by atoms with Crippen molar-refractivity contribution in [1.29, 1.82) is 0 Å². The molecule has 0 aromatic carbocycles.